The van der Waals surface area contributed by atoms with Crippen LogP contribution < -0.4 is 25.4 Å². The Morgan fingerprint density at radius 3 is 1.76 bits per heavy atom. The Balaban J connectivity index is 0.00000265. The van der Waals surface area contributed by atoms with Crippen molar-refractivity contribution >= 4 is 72.7 Å². The molecular weight excluding hydrogens is 1280 g/mol. The van der Waals surface area contributed by atoms with Crippen LogP contribution in [-0.2, 0) is 40.9 Å². The number of allylic oxidation sites excluding steroid dienone is 3. The third-order valence-electron chi connectivity index (χ3n) is 17.0. The van der Waals surface area contributed by atoms with Crippen LogP contribution in [0.2, 0.25) is 0 Å². The summed E-state index contributed by atoms with van der Waals surface area (Å²) >= 11 is -2.08. The van der Waals surface area contributed by atoms with Gasteiger partial charge in [-0.1, -0.05) is 113 Å². The molecule has 2 aliphatic rings. The summed E-state index contributed by atoms with van der Waals surface area (Å²) in [4.78, 5) is 37.4. The fourth-order valence-electron chi connectivity index (χ4n) is 12.5. The number of hydrogen-bond donors (Lipinski definition) is 3. The number of fused-ring (bicyclic) bond motifs is 3. The first-order valence-electron chi connectivity index (χ1n) is 30.0. The summed E-state index contributed by atoms with van der Waals surface area (Å²) in [5.41, 5.74) is 19.2. The Morgan fingerprint density at radius 2 is 1.21 bits per heavy atom. The summed E-state index contributed by atoms with van der Waals surface area (Å²) in [6.07, 6.45) is 11.2. The van der Waals surface area contributed by atoms with Gasteiger partial charge in [0.05, 0.1) is 27.3 Å². The molecule has 0 saturated heterocycles. The van der Waals surface area contributed by atoms with E-state index in [0.29, 0.717) is 39.7 Å². The molecule has 2 aliphatic carbocycles. The summed E-state index contributed by atoms with van der Waals surface area (Å²) in [6, 6.07) is 42.6. The van der Waals surface area contributed by atoms with E-state index < -0.39 is 27.4 Å². The first-order chi connectivity index (χ1) is 41.3. The maximum absolute atomic E-state index is 14.5. The van der Waals surface area contributed by atoms with Crippen molar-refractivity contribution in [1.82, 2.24) is 0 Å². The van der Waals surface area contributed by atoms with Gasteiger partial charge >= 0.3 is 24.4 Å². The zero-order valence-electron chi connectivity index (χ0n) is 52.5. The van der Waals surface area contributed by atoms with Crippen molar-refractivity contribution in [1.29, 1.82) is 0 Å². The Labute approximate surface area is 524 Å². The van der Waals surface area contributed by atoms with E-state index in [9.17, 15) is 22.6 Å². The molecule has 12 nitrogen and oxygen atoms in total. The number of carbonyl (C=O) groups is 2. The Morgan fingerprint density at radius 1 is 0.644 bits per heavy atom. The van der Waals surface area contributed by atoms with Crippen molar-refractivity contribution in [3.8, 4) is 0 Å². The molecule has 14 heteroatoms. The topological polar surface area (TPSA) is 170 Å². The van der Waals surface area contributed by atoms with Gasteiger partial charge in [0.25, 0.3) is 0 Å². The fraction of sp³-hybridized carbons (Fsp3) is 0.315. The van der Waals surface area contributed by atoms with E-state index in [1.54, 1.807) is 63.2 Å². The van der Waals surface area contributed by atoms with Gasteiger partial charge in [-0.3, -0.25) is 9.59 Å². The van der Waals surface area contributed by atoms with E-state index in [4.69, 9.17) is 7.08 Å². The molecule has 458 valence electrons. The number of anilines is 6. The molecular formula is C73H83N5O7OsS-2. The van der Waals surface area contributed by atoms with Crippen LogP contribution in [0.5, 0.6) is 0 Å². The Bertz CT molecular complexity index is 3930. The van der Waals surface area contributed by atoms with Gasteiger partial charge in [0.1, 0.15) is 16.7 Å². The van der Waals surface area contributed by atoms with Gasteiger partial charge < -0.3 is 32.4 Å². The SMILES string of the molecule is CCCCC(CC)C[NH+]=C1C=CC(=C(c2ccc(N(CC)CCCc3[c-]c(C)c(Nc4ccc(Nc5c(C)cc(C)c(S(=O)(=O)[O-])c5C)c5c4C(=O)c4ccccc4C5=O)c(C)c3)cc2)c2ccc(N(CC)CC)cc2C)c2ccccc21.[CH3-].[O]=[Os]=[O]. The molecule has 0 aliphatic heterocycles. The van der Waals surface area contributed by atoms with Crippen LogP contribution in [0.1, 0.15) is 160 Å². The van der Waals surface area contributed by atoms with Crippen LogP contribution in [-0.4, -0.2) is 63.0 Å². The van der Waals surface area contributed by atoms with Gasteiger partial charge in [0.15, 0.2) is 11.6 Å². The second-order valence-electron chi connectivity index (χ2n) is 22.5. The maximum atomic E-state index is 14.5. The summed E-state index contributed by atoms with van der Waals surface area (Å²) in [5, 5.41) is 6.82. The third kappa shape index (κ3) is 14.7. The molecule has 7 aromatic carbocycles. The molecule has 0 spiro atoms. The van der Waals surface area contributed by atoms with E-state index in [1.165, 1.54) is 81.7 Å². The van der Waals surface area contributed by atoms with Crippen molar-refractivity contribution in [3.63, 3.8) is 0 Å². The van der Waals surface area contributed by atoms with E-state index in [-0.39, 0.29) is 46.1 Å². The monoisotopic (exact) mass is 1370 g/mol. The molecule has 9 rings (SSSR count). The second kappa shape index (κ2) is 29.9. The van der Waals surface area contributed by atoms with Gasteiger partial charge in [-0.2, -0.15) is 17.7 Å². The summed E-state index contributed by atoms with van der Waals surface area (Å²) < 4.78 is 54.2. The average Bonchev–Trinajstić information content (AvgIpc) is 1.12. The van der Waals surface area contributed by atoms with Gasteiger partial charge in [0, 0.05) is 72.0 Å². The predicted molar refractivity (Wildman–Crippen MR) is 350 cm³/mol. The zero-order valence-corrected chi connectivity index (χ0v) is 55.9. The molecule has 7 aromatic rings. The van der Waals surface area contributed by atoms with Crippen LogP contribution >= 0.6 is 0 Å². The van der Waals surface area contributed by atoms with E-state index in [1.807, 2.05) is 13.8 Å². The normalized spacial score (nSPS) is 13.8. The van der Waals surface area contributed by atoms with Crippen molar-refractivity contribution in [2.24, 2.45) is 5.92 Å². The van der Waals surface area contributed by atoms with Crippen LogP contribution in [0, 0.1) is 61.0 Å². The van der Waals surface area contributed by atoms with Gasteiger partial charge in [0.2, 0.25) is 5.71 Å². The van der Waals surface area contributed by atoms with Crippen LogP contribution in [0.3, 0.4) is 0 Å². The molecule has 0 aromatic heterocycles. The number of nitrogens with zero attached hydrogens (tertiary/aromatic N) is 2. The molecule has 3 N–H and O–H groups in total. The summed E-state index contributed by atoms with van der Waals surface area (Å²) in [6.45, 7) is 27.0. The molecule has 0 bridgehead atoms. The molecule has 0 fully saturated rings. The molecule has 0 heterocycles. The first kappa shape index (κ1) is 66.9. The van der Waals surface area contributed by atoms with Crippen LogP contribution in [0.4, 0.5) is 34.1 Å². The number of unbranched alkanes of at least 4 members (excludes halogenated alkanes) is 1. The standard InChI is InChI=1S/C72H80N5O5S.CH3.2O.Os/c1-12-17-23-51(13-2)44-73-62-36-35-59(57-25-18-19-26-58(57)62)65(56-34-33-55(43-45(56)6)76(14-3)15-4)53-29-31-54(32-30-53)77(16-5)39-22-24-52-41-47(8)68(48(9)42-52)74-63-37-38-64(67-66(63)70(78)60-27-20-21-28-61(60)71(67)79)75-69-46(7)40-49(10)72(50(69)11)83(80,81)82;;;;/h18-21,25-38,40-41,43,51,74-75H,12-17,22-24,39,44H2,1-11H3,(H,80,81,82);1H3;;;/q2*-1;;;. The third-order valence-corrected chi connectivity index (χ3v) is 18.1. The molecule has 1 unspecified atom stereocenters. The predicted octanol–water partition coefficient (Wildman–Crippen LogP) is 14.6. The number of benzene rings is 7. The number of ketones is 2. The Hall–Kier alpha value is -7.62. The summed E-state index contributed by atoms with van der Waals surface area (Å²) in [5.74, 6) is -0.0177. The number of nitrogens with one attached hydrogen (secondary N) is 3. The van der Waals surface area contributed by atoms with Crippen molar-refractivity contribution in [3.05, 3.63) is 224 Å². The fourth-order valence-corrected chi connectivity index (χ4v) is 13.5. The number of aryl methyl sites for hydroxylation is 6. The average molecular weight is 1360 g/mol. The molecule has 0 saturated carbocycles. The van der Waals surface area contributed by atoms with Gasteiger partial charge in [-0.25, -0.2) is 13.4 Å². The van der Waals surface area contributed by atoms with Gasteiger partial charge in [-0.05, 0) is 173 Å². The molecule has 0 radical (unpaired) electrons. The number of carbonyl (C=O) groups excluding carboxylic acids is 2. The second-order valence-corrected chi connectivity index (χ2v) is 24.2. The quantitative estimate of drug-likeness (QED) is 0.0436. The van der Waals surface area contributed by atoms with Crippen molar-refractivity contribution in [2.75, 3.05) is 53.2 Å². The van der Waals surface area contributed by atoms with E-state index in [0.717, 1.165) is 67.9 Å². The minimum absolute atomic E-state index is 0. The van der Waals surface area contributed by atoms with E-state index >= 15 is 0 Å². The number of hydrogen-bond acceptors (Lipinski definition) is 11. The van der Waals surface area contributed by atoms with E-state index in [2.05, 4.69) is 158 Å². The van der Waals surface area contributed by atoms with Crippen molar-refractivity contribution in [2.45, 2.75) is 120 Å². The molecule has 87 heavy (non-hydrogen) atoms. The van der Waals surface area contributed by atoms with Crippen LogP contribution in [0.25, 0.3) is 11.1 Å². The summed E-state index contributed by atoms with van der Waals surface area (Å²) in [7, 11) is -4.81. The zero-order chi connectivity index (χ0) is 62.0. The molecule has 1 atom stereocenters. The Kier molecular flexibility index (Phi) is 23.0. The minimum atomic E-state index is -4.81. The van der Waals surface area contributed by atoms with Crippen molar-refractivity contribution < 1.29 is 51.9 Å². The first-order valence-corrected chi connectivity index (χ1v) is 33.5. The van der Waals surface area contributed by atoms with Crippen LogP contribution in [0.15, 0.2) is 132 Å². The number of rotatable bonds is 22. The van der Waals surface area contributed by atoms with Gasteiger partial charge in [-0.15, -0.1) is 11.1 Å². The molecule has 0 amide bonds.